The Morgan fingerprint density at radius 3 is 1.00 bits per heavy atom. The van der Waals surface area contributed by atoms with Crippen LogP contribution in [-0.4, -0.2) is 7.11 Å². The van der Waals surface area contributed by atoms with Crippen LogP contribution in [0, 0.1) is 0 Å². The Hall–Kier alpha value is -0.0400. The van der Waals surface area contributed by atoms with Crippen LogP contribution in [0.3, 0.4) is 0 Å². The Morgan fingerprint density at radius 2 is 1.00 bits per heavy atom. The summed E-state index contributed by atoms with van der Waals surface area (Å²) >= 11 is 0. The minimum atomic E-state index is 0.750. The van der Waals surface area contributed by atoms with Crippen molar-refractivity contribution in [2.75, 3.05) is 7.11 Å². The van der Waals surface area contributed by atoms with Gasteiger partial charge in [0.25, 0.3) is 0 Å². The van der Waals surface area contributed by atoms with Crippen molar-refractivity contribution in [3.63, 3.8) is 0 Å². The van der Waals surface area contributed by atoms with Crippen LogP contribution in [-0.2, 0) is 0 Å². The van der Waals surface area contributed by atoms with Crippen LogP contribution >= 0.6 is 0 Å². The molecule has 0 aromatic heterocycles. The molecule has 0 aliphatic carbocycles. The van der Waals surface area contributed by atoms with Gasteiger partial charge in [-0.2, -0.15) is 7.11 Å². The summed E-state index contributed by atoms with van der Waals surface area (Å²) in [7, 11) is 0.750. The lowest BCUT2D eigenvalue weighted by Gasteiger charge is -1.57. The van der Waals surface area contributed by atoms with E-state index in [2.05, 4.69) is 0 Å². The highest BCUT2D eigenvalue weighted by atomic mass is 16.2. The molecule has 0 aromatic rings. The van der Waals surface area contributed by atoms with Crippen molar-refractivity contribution in [3.05, 3.63) is 0 Å². The third-order valence-corrected chi connectivity index (χ3v) is 0. The van der Waals surface area contributed by atoms with E-state index in [1.165, 1.54) is 0 Å². The van der Waals surface area contributed by atoms with Crippen molar-refractivity contribution >= 4 is 0 Å². The van der Waals surface area contributed by atoms with Crippen molar-refractivity contribution in [2.24, 2.45) is 0 Å². The maximum absolute atomic E-state index is 8.25. The summed E-state index contributed by atoms with van der Waals surface area (Å²) in [5.74, 6) is 0. The Labute approximate surface area is 27.3 Å². The van der Waals surface area contributed by atoms with Crippen LogP contribution in [0.5, 0.6) is 0 Å². The molecule has 0 N–H and O–H groups in total. The van der Waals surface area contributed by atoms with E-state index in [0.717, 1.165) is 7.11 Å². The summed E-state index contributed by atoms with van der Waals surface area (Å²) in [6.07, 6.45) is 0. The molecule has 1 heteroatoms. The summed E-state index contributed by atoms with van der Waals surface area (Å²) in [5, 5.41) is 8.25. The van der Waals surface area contributed by atoms with Gasteiger partial charge in [0.05, 0.1) is 0 Å². The topological polar surface area (TPSA) is 23.1 Å². The molecule has 0 unspecified atom stereocenters. The summed E-state index contributed by atoms with van der Waals surface area (Å²) in [5.41, 5.74) is 0. The van der Waals surface area contributed by atoms with Crippen LogP contribution in [0.1, 0.15) is 13.8 Å². The number of hydrogen-bond acceptors (Lipinski definition) is 1. The second kappa shape index (κ2) is 7110. The molecule has 28 valence electrons. The van der Waals surface area contributed by atoms with Crippen molar-refractivity contribution in [1.29, 1.82) is 0 Å². The average Bonchev–Trinajstić information content (AvgIpc) is 1.50. The van der Waals surface area contributed by atoms with E-state index < -0.39 is 0 Å². The van der Waals surface area contributed by atoms with Gasteiger partial charge in [-0.15, -0.1) is 0 Å². The minimum Gasteiger partial charge on any atom is -0.857 e. The first-order chi connectivity index (χ1) is 2.00. The monoisotopic (exact) mass is 61.1 g/mol. The van der Waals surface area contributed by atoms with E-state index in [4.69, 9.17) is 5.11 Å². The van der Waals surface area contributed by atoms with Gasteiger partial charge in [-0.3, -0.25) is 0 Å². The van der Waals surface area contributed by atoms with E-state index in [1.54, 1.807) is 0 Å². The quantitative estimate of drug-likeness (QED) is 0.386. The molecular formula is C3H9O-. The van der Waals surface area contributed by atoms with Gasteiger partial charge in [0, 0.05) is 0 Å². The summed E-state index contributed by atoms with van der Waals surface area (Å²) < 4.78 is 0. The molecule has 0 aliphatic heterocycles. The Bertz CT molecular complexity index is 3.25. The third kappa shape index (κ3) is 1130. The minimum absolute atomic E-state index is 0.750. The zero-order chi connectivity index (χ0) is 4.00. The molecule has 0 aromatic carbocycles. The van der Waals surface area contributed by atoms with Crippen LogP contribution < -0.4 is 5.11 Å². The van der Waals surface area contributed by atoms with Crippen LogP contribution in [0.4, 0.5) is 0 Å². The SMILES string of the molecule is CC.C[O-]. The molecule has 0 saturated heterocycles. The fourth-order valence-electron chi connectivity index (χ4n) is 0. The maximum atomic E-state index is 8.25. The molecule has 1 nitrogen and oxygen atoms in total. The zero-order valence-electron chi connectivity index (χ0n) is 3.41. The molecule has 0 aliphatic rings. The van der Waals surface area contributed by atoms with Crippen molar-refractivity contribution in [1.82, 2.24) is 0 Å². The van der Waals surface area contributed by atoms with Crippen LogP contribution in [0.2, 0.25) is 0 Å². The van der Waals surface area contributed by atoms with Gasteiger partial charge >= 0.3 is 0 Å². The summed E-state index contributed by atoms with van der Waals surface area (Å²) in [6, 6.07) is 0. The van der Waals surface area contributed by atoms with Gasteiger partial charge in [0.15, 0.2) is 0 Å². The molecule has 0 heterocycles. The highest BCUT2D eigenvalue weighted by Gasteiger charge is 0.932. The van der Waals surface area contributed by atoms with Gasteiger partial charge in [0.2, 0.25) is 0 Å². The second-order valence-electron chi connectivity index (χ2n) is 0. The van der Waals surface area contributed by atoms with E-state index in [1.807, 2.05) is 13.8 Å². The lowest BCUT2D eigenvalue weighted by molar-refractivity contribution is -0.325. The third-order valence-electron chi connectivity index (χ3n) is 0. The molecule has 0 bridgehead atoms. The Kier molecular flexibility index (Phi) is 16000. The summed E-state index contributed by atoms with van der Waals surface area (Å²) in [4.78, 5) is 0. The van der Waals surface area contributed by atoms with Gasteiger partial charge in [-0.1, -0.05) is 13.8 Å². The molecule has 0 spiro atoms. The highest BCUT2D eigenvalue weighted by Crippen LogP contribution is 1.14. The molecule has 0 radical (unpaired) electrons. The molecular weight excluding hydrogens is 52.0 g/mol. The first-order valence-electron chi connectivity index (χ1n) is 1.41. The largest absolute Gasteiger partial charge is 0.857 e. The lowest BCUT2D eigenvalue weighted by Crippen LogP contribution is -1.81. The average molecular weight is 61.1 g/mol. The van der Waals surface area contributed by atoms with E-state index >= 15 is 0 Å². The highest BCUT2D eigenvalue weighted by molar-refractivity contribution is 3.50. The van der Waals surface area contributed by atoms with Crippen molar-refractivity contribution in [3.8, 4) is 0 Å². The fourth-order valence-corrected chi connectivity index (χ4v) is 0. The number of rotatable bonds is 0. The normalized spacial score (nSPS) is 3.00. The van der Waals surface area contributed by atoms with E-state index in [-0.39, 0.29) is 0 Å². The lowest BCUT2D eigenvalue weighted by atomic mass is 11.0. The maximum Gasteiger partial charge on any atom is -0.0683 e. The smallest absolute Gasteiger partial charge is 0.0683 e. The van der Waals surface area contributed by atoms with E-state index in [0.29, 0.717) is 0 Å². The zero-order valence-corrected chi connectivity index (χ0v) is 3.41. The van der Waals surface area contributed by atoms with Gasteiger partial charge in [-0.05, 0) is 0 Å². The molecule has 0 rings (SSSR count). The van der Waals surface area contributed by atoms with Crippen molar-refractivity contribution < 1.29 is 5.11 Å². The second-order valence-corrected chi connectivity index (χ2v) is 0. The van der Waals surface area contributed by atoms with Gasteiger partial charge in [0.1, 0.15) is 0 Å². The van der Waals surface area contributed by atoms with Gasteiger partial charge < -0.3 is 5.11 Å². The number of hydrogen-bond donors (Lipinski definition) is 0. The molecule has 0 atom stereocenters. The van der Waals surface area contributed by atoms with Crippen molar-refractivity contribution in [2.45, 2.75) is 13.8 Å². The molecule has 0 fully saturated rings. The Balaban J connectivity index is 0. The Morgan fingerprint density at radius 1 is 1.00 bits per heavy atom. The van der Waals surface area contributed by atoms with Crippen LogP contribution in [0.15, 0.2) is 0 Å². The van der Waals surface area contributed by atoms with Gasteiger partial charge in [-0.25, -0.2) is 0 Å². The first kappa shape index (κ1) is 9.03. The first-order valence-corrected chi connectivity index (χ1v) is 1.41. The standard InChI is InChI=1S/C2H6.CH3O/c2*1-2/h1-2H3;1H3/q;-1. The molecule has 0 amide bonds. The predicted octanol–water partition coefficient (Wildman–Crippen LogP) is 0.00270. The van der Waals surface area contributed by atoms with Crippen LogP contribution in [0.25, 0.3) is 0 Å². The van der Waals surface area contributed by atoms with E-state index in [9.17, 15) is 0 Å². The molecule has 4 heavy (non-hydrogen) atoms. The summed E-state index contributed by atoms with van der Waals surface area (Å²) in [6.45, 7) is 4.00. The predicted molar refractivity (Wildman–Crippen MR) is 17.3 cm³/mol. The fraction of sp³-hybridized carbons (Fsp3) is 1.00. The molecule has 0 saturated carbocycles.